The minimum atomic E-state index is -0.435. The normalized spacial score (nSPS) is 10.8. The first-order valence-corrected chi connectivity index (χ1v) is 9.17. The number of hydrazone groups is 1. The van der Waals surface area contributed by atoms with Crippen LogP contribution in [-0.2, 0) is 4.79 Å². The average molecular weight is 511 g/mol. The molecule has 2 aromatic rings. The minimum absolute atomic E-state index is 0.238. The molecule has 0 unspecified atom stereocenters. The Balaban J connectivity index is 1.95. The van der Waals surface area contributed by atoms with Crippen molar-refractivity contribution >= 4 is 67.2 Å². The van der Waals surface area contributed by atoms with E-state index < -0.39 is 5.91 Å². The first-order valence-electron chi connectivity index (χ1n) is 6.83. The topological polar surface area (TPSA) is 59.9 Å². The van der Waals surface area contributed by atoms with Gasteiger partial charge in [-0.1, -0.05) is 39.1 Å². The average Bonchev–Trinajstić information content (AvgIpc) is 2.53. The molecule has 2 rings (SSSR count). The molecule has 0 saturated heterocycles. The van der Waals surface area contributed by atoms with E-state index in [9.17, 15) is 4.79 Å². The zero-order valence-corrected chi connectivity index (χ0v) is 17.5. The van der Waals surface area contributed by atoms with Crippen molar-refractivity contribution in [3.05, 3.63) is 54.9 Å². The van der Waals surface area contributed by atoms with Crippen molar-refractivity contribution in [1.29, 1.82) is 0 Å². The number of hydrogen-bond donors (Lipinski definition) is 1. The molecule has 5 nitrogen and oxygen atoms in total. The fraction of sp³-hybridized carbons (Fsp3) is 0.125. The highest BCUT2D eigenvalue weighted by Gasteiger charge is 2.08. The predicted molar refractivity (Wildman–Crippen MR) is 106 cm³/mol. The summed E-state index contributed by atoms with van der Waals surface area (Å²) in [6, 6.07) is 8.40. The second-order valence-electron chi connectivity index (χ2n) is 4.67. The van der Waals surface area contributed by atoms with Gasteiger partial charge in [-0.3, -0.25) is 4.79 Å². The highest BCUT2D eigenvalue weighted by molar-refractivity contribution is 9.11. The van der Waals surface area contributed by atoms with E-state index in [4.69, 9.17) is 32.7 Å². The van der Waals surface area contributed by atoms with Crippen LogP contribution >= 0.6 is 55.1 Å². The second kappa shape index (κ2) is 9.43. The highest BCUT2D eigenvalue weighted by atomic mass is 79.9. The molecule has 0 spiro atoms. The van der Waals surface area contributed by atoms with Crippen LogP contribution in [0.5, 0.6) is 11.5 Å². The molecule has 0 heterocycles. The third-order valence-corrected chi connectivity index (χ3v) is 4.46. The molecular formula is C16H12Br2Cl2N2O3. The van der Waals surface area contributed by atoms with Crippen LogP contribution in [0.3, 0.4) is 0 Å². The number of carbonyl (C=O) groups excluding carboxylic acids is 1. The molecule has 9 heteroatoms. The smallest absolute Gasteiger partial charge is 0.277 e. The van der Waals surface area contributed by atoms with E-state index in [2.05, 4.69) is 42.4 Å². The number of benzene rings is 2. The fourth-order valence-electron chi connectivity index (χ4n) is 1.83. The van der Waals surface area contributed by atoms with Gasteiger partial charge in [-0.15, -0.1) is 0 Å². The van der Waals surface area contributed by atoms with Crippen LogP contribution in [-0.4, -0.2) is 25.8 Å². The van der Waals surface area contributed by atoms with Crippen LogP contribution in [0.4, 0.5) is 0 Å². The van der Waals surface area contributed by atoms with Gasteiger partial charge < -0.3 is 9.47 Å². The molecule has 0 atom stereocenters. The Bertz CT molecular complexity index is 816. The van der Waals surface area contributed by atoms with E-state index >= 15 is 0 Å². The predicted octanol–water partition coefficient (Wildman–Crippen LogP) is 5.06. The molecule has 0 bridgehead atoms. The first-order chi connectivity index (χ1) is 11.9. The number of nitrogens with one attached hydrogen (secondary N) is 1. The molecule has 1 N–H and O–H groups in total. The SMILES string of the molecule is COc1c(Br)cc(Br)cc1/C=N\NC(=O)COc1ccc(Cl)cc1Cl. The van der Waals surface area contributed by atoms with E-state index in [1.165, 1.54) is 12.3 Å². The molecule has 132 valence electrons. The van der Waals surface area contributed by atoms with Gasteiger partial charge in [0, 0.05) is 15.1 Å². The lowest BCUT2D eigenvalue weighted by atomic mass is 10.2. The van der Waals surface area contributed by atoms with Gasteiger partial charge in [0.05, 0.1) is 22.8 Å². The van der Waals surface area contributed by atoms with E-state index in [0.717, 1.165) is 8.95 Å². The van der Waals surface area contributed by atoms with Crippen molar-refractivity contribution in [2.24, 2.45) is 5.10 Å². The standard InChI is InChI=1S/C16H12Br2Cl2N2O3/c1-24-16-9(4-10(17)5-12(16)18)7-21-22-15(23)8-25-14-3-2-11(19)6-13(14)20/h2-7H,8H2,1H3,(H,22,23)/b21-7-. The van der Waals surface area contributed by atoms with Crippen LogP contribution in [0.2, 0.25) is 10.0 Å². The molecule has 25 heavy (non-hydrogen) atoms. The number of ether oxygens (including phenoxy) is 2. The van der Waals surface area contributed by atoms with E-state index in [1.807, 2.05) is 12.1 Å². The molecule has 0 fully saturated rings. The maximum Gasteiger partial charge on any atom is 0.277 e. The monoisotopic (exact) mass is 508 g/mol. The van der Waals surface area contributed by atoms with E-state index in [0.29, 0.717) is 27.1 Å². The van der Waals surface area contributed by atoms with Crippen molar-refractivity contribution in [2.75, 3.05) is 13.7 Å². The largest absolute Gasteiger partial charge is 0.495 e. The fourth-order valence-corrected chi connectivity index (χ4v) is 3.72. The molecule has 0 aliphatic heterocycles. The van der Waals surface area contributed by atoms with E-state index in [1.54, 1.807) is 19.2 Å². The quantitative estimate of drug-likeness (QED) is 0.437. The highest BCUT2D eigenvalue weighted by Crippen LogP contribution is 2.31. The van der Waals surface area contributed by atoms with Crippen LogP contribution < -0.4 is 14.9 Å². The number of rotatable bonds is 6. The Kier molecular flexibility index (Phi) is 7.56. The summed E-state index contributed by atoms with van der Waals surface area (Å²) in [6.07, 6.45) is 1.47. The molecule has 0 aliphatic rings. The minimum Gasteiger partial charge on any atom is -0.495 e. The summed E-state index contributed by atoms with van der Waals surface area (Å²) in [5.74, 6) is 0.531. The van der Waals surface area contributed by atoms with Crippen molar-refractivity contribution in [3.8, 4) is 11.5 Å². The number of halogens is 4. The number of methoxy groups -OCH3 is 1. The second-order valence-corrected chi connectivity index (χ2v) is 7.28. The Hall–Kier alpha value is -1.28. The van der Waals surface area contributed by atoms with Gasteiger partial charge in [0.2, 0.25) is 0 Å². The van der Waals surface area contributed by atoms with Crippen molar-refractivity contribution in [1.82, 2.24) is 5.43 Å². The van der Waals surface area contributed by atoms with Gasteiger partial charge in [-0.2, -0.15) is 5.10 Å². The Labute approximate surface area is 171 Å². The van der Waals surface area contributed by atoms with Gasteiger partial charge in [-0.05, 0) is 46.3 Å². The van der Waals surface area contributed by atoms with Crippen molar-refractivity contribution in [2.45, 2.75) is 0 Å². The molecule has 0 aliphatic carbocycles. The molecular weight excluding hydrogens is 499 g/mol. The van der Waals surface area contributed by atoms with Gasteiger partial charge in [-0.25, -0.2) is 5.43 Å². The van der Waals surface area contributed by atoms with E-state index in [-0.39, 0.29) is 6.61 Å². The zero-order valence-electron chi connectivity index (χ0n) is 12.9. The van der Waals surface area contributed by atoms with Gasteiger partial charge in [0.1, 0.15) is 11.5 Å². The Morgan fingerprint density at radius 1 is 1.28 bits per heavy atom. The van der Waals surface area contributed by atoms with Gasteiger partial charge >= 0.3 is 0 Å². The number of hydrogen-bond acceptors (Lipinski definition) is 4. The van der Waals surface area contributed by atoms with Crippen LogP contribution in [0.1, 0.15) is 5.56 Å². The van der Waals surface area contributed by atoms with Crippen LogP contribution in [0, 0.1) is 0 Å². The third kappa shape index (κ3) is 5.88. The summed E-state index contributed by atoms with van der Waals surface area (Å²) < 4.78 is 12.2. The third-order valence-electron chi connectivity index (χ3n) is 2.89. The number of amides is 1. The van der Waals surface area contributed by atoms with Gasteiger partial charge in [0.15, 0.2) is 6.61 Å². The molecule has 1 amide bonds. The summed E-state index contributed by atoms with van der Waals surface area (Å²) >= 11 is 18.5. The Morgan fingerprint density at radius 2 is 2.04 bits per heavy atom. The zero-order chi connectivity index (χ0) is 18.4. The summed E-state index contributed by atoms with van der Waals surface area (Å²) in [4.78, 5) is 11.8. The lowest BCUT2D eigenvalue weighted by Gasteiger charge is -2.08. The summed E-state index contributed by atoms with van der Waals surface area (Å²) in [6.45, 7) is -0.238. The van der Waals surface area contributed by atoms with Crippen molar-refractivity contribution < 1.29 is 14.3 Å². The molecule has 2 aromatic carbocycles. The maximum absolute atomic E-state index is 11.8. The number of nitrogens with zero attached hydrogens (tertiary/aromatic N) is 1. The number of carbonyl (C=O) groups is 1. The molecule has 0 radical (unpaired) electrons. The first kappa shape index (κ1) is 20.0. The lowest BCUT2D eigenvalue weighted by molar-refractivity contribution is -0.123. The van der Waals surface area contributed by atoms with Crippen LogP contribution in [0.15, 0.2) is 44.4 Å². The summed E-state index contributed by atoms with van der Waals surface area (Å²) in [5.41, 5.74) is 3.06. The maximum atomic E-state index is 11.8. The molecule has 0 saturated carbocycles. The summed E-state index contributed by atoms with van der Waals surface area (Å²) in [7, 11) is 1.55. The molecule has 0 aromatic heterocycles. The van der Waals surface area contributed by atoms with Crippen molar-refractivity contribution in [3.63, 3.8) is 0 Å². The lowest BCUT2D eigenvalue weighted by Crippen LogP contribution is -2.24. The van der Waals surface area contributed by atoms with Gasteiger partial charge in [0.25, 0.3) is 5.91 Å². The summed E-state index contributed by atoms with van der Waals surface area (Å²) in [5, 5.41) is 4.71. The Morgan fingerprint density at radius 3 is 2.72 bits per heavy atom. The van der Waals surface area contributed by atoms with Crippen LogP contribution in [0.25, 0.3) is 0 Å².